The summed E-state index contributed by atoms with van der Waals surface area (Å²) in [7, 11) is 1.51. The molecule has 0 fully saturated rings. The largest absolute Gasteiger partial charge is 0.359 e. The second-order valence-corrected chi connectivity index (χ2v) is 3.43. The van der Waals surface area contributed by atoms with Crippen LogP contribution in [0.1, 0.15) is 12.0 Å². The van der Waals surface area contributed by atoms with Crippen LogP contribution in [0.3, 0.4) is 0 Å². The Labute approximate surface area is 95.7 Å². The highest BCUT2D eigenvalue weighted by Gasteiger charge is 1.95. The summed E-state index contributed by atoms with van der Waals surface area (Å²) in [6.07, 6.45) is 3.09. The van der Waals surface area contributed by atoms with E-state index in [2.05, 4.69) is 4.74 Å². The molecule has 16 heavy (non-hydrogen) atoms. The van der Waals surface area contributed by atoms with E-state index >= 15 is 0 Å². The van der Waals surface area contributed by atoms with Gasteiger partial charge in [0, 0.05) is 7.11 Å². The number of allylic oxidation sites excluding steroid dienone is 1. The van der Waals surface area contributed by atoms with Crippen LogP contribution in [-0.4, -0.2) is 20.5 Å². The highest BCUT2D eigenvalue weighted by atomic mass is 19.1. The summed E-state index contributed by atoms with van der Waals surface area (Å²) in [5, 5.41) is 0. The predicted octanol–water partition coefficient (Wildman–Crippen LogP) is 3.09. The van der Waals surface area contributed by atoms with Gasteiger partial charge in [0.15, 0.2) is 0 Å². The Morgan fingerprint density at radius 1 is 1.31 bits per heavy atom. The minimum Gasteiger partial charge on any atom is -0.359 e. The number of rotatable bonds is 7. The molecule has 0 aliphatic rings. The predicted molar refractivity (Wildman–Crippen MR) is 61.8 cm³/mol. The van der Waals surface area contributed by atoms with Gasteiger partial charge in [0.05, 0.1) is 0 Å². The van der Waals surface area contributed by atoms with E-state index in [1.807, 2.05) is 30.3 Å². The molecule has 0 spiro atoms. The molecular weight excluding hydrogens is 207 g/mol. The highest BCUT2D eigenvalue weighted by Crippen LogP contribution is 2.06. The second-order valence-electron chi connectivity index (χ2n) is 3.43. The highest BCUT2D eigenvalue weighted by molar-refractivity contribution is 5.15. The maximum atomic E-state index is 13.1. The fourth-order valence-corrected chi connectivity index (χ4v) is 1.32. The van der Waals surface area contributed by atoms with Crippen molar-refractivity contribution in [2.24, 2.45) is 0 Å². The fraction of sp³-hybridized carbons (Fsp3) is 0.385. The smallest absolute Gasteiger partial charge is 0.146 e. The summed E-state index contributed by atoms with van der Waals surface area (Å²) < 4.78 is 22.6. The number of hydrogen-bond acceptors (Lipinski definition) is 2. The van der Waals surface area contributed by atoms with Gasteiger partial charge in [-0.25, -0.2) is 4.39 Å². The fourth-order valence-electron chi connectivity index (χ4n) is 1.32. The van der Waals surface area contributed by atoms with Crippen molar-refractivity contribution in [3.8, 4) is 0 Å². The lowest BCUT2D eigenvalue weighted by Crippen LogP contribution is -1.98. The first-order chi connectivity index (χ1) is 7.83. The molecule has 0 saturated carbocycles. The molecular formula is C13H17FO2. The molecule has 3 heteroatoms. The van der Waals surface area contributed by atoms with E-state index in [-0.39, 0.29) is 19.2 Å². The summed E-state index contributed by atoms with van der Waals surface area (Å²) in [5.41, 5.74) is 1.21. The summed E-state index contributed by atoms with van der Waals surface area (Å²) in [5.74, 6) is -0.243. The molecule has 0 amide bonds. The zero-order chi connectivity index (χ0) is 11.6. The monoisotopic (exact) mass is 224 g/mol. The van der Waals surface area contributed by atoms with E-state index in [4.69, 9.17) is 4.74 Å². The molecule has 1 rings (SSSR count). The Kier molecular flexibility index (Phi) is 6.45. The van der Waals surface area contributed by atoms with Crippen molar-refractivity contribution in [3.05, 3.63) is 47.8 Å². The number of methoxy groups -OCH3 is 1. The van der Waals surface area contributed by atoms with E-state index in [0.717, 1.165) is 6.42 Å². The molecule has 1 aromatic carbocycles. The Hall–Kier alpha value is -1.19. The number of hydrogen-bond donors (Lipinski definition) is 0. The van der Waals surface area contributed by atoms with E-state index < -0.39 is 0 Å². The Bertz CT molecular complexity index is 309. The molecule has 88 valence electrons. The van der Waals surface area contributed by atoms with Crippen LogP contribution in [0.4, 0.5) is 4.39 Å². The molecule has 0 radical (unpaired) electrons. The maximum Gasteiger partial charge on any atom is 0.146 e. The molecule has 0 bridgehead atoms. The normalized spacial score (nSPS) is 11.8. The van der Waals surface area contributed by atoms with Gasteiger partial charge < -0.3 is 9.47 Å². The average molecular weight is 224 g/mol. The van der Waals surface area contributed by atoms with Gasteiger partial charge in [-0.2, -0.15) is 0 Å². The summed E-state index contributed by atoms with van der Waals surface area (Å²) in [6.45, 7) is 0.114. The summed E-state index contributed by atoms with van der Waals surface area (Å²) >= 11 is 0. The SMILES string of the molecule is COCOC/C(F)=C\CCc1ccccc1. The van der Waals surface area contributed by atoms with Crippen molar-refractivity contribution in [1.82, 2.24) is 0 Å². The van der Waals surface area contributed by atoms with Crippen molar-refractivity contribution in [2.75, 3.05) is 20.5 Å². The van der Waals surface area contributed by atoms with E-state index in [9.17, 15) is 4.39 Å². The van der Waals surface area contributed by atoms with Gasteiger partial charge in [-0.3, -0.25) is 0 Å². The first-order valence-corrected chi connectivity index (χ1v) is 5.28. The van der Waals surface area contributed by atoms with Gasteiger partial charge in [-0.05, 0) is 18.4 Å². The molecule has 0 aliphatic carbocycles. The molecule has 0 atom stereocenters. The summed E-state index contributed by atoms with van der Waals surface area (Å²) in [4.78, 5) is 0. The van der Waals surface area contributed by atoms with Gasteiger partial charge >= 0.3 is 0 Å². The lowest BCUT2D eigenvalue weighted by molar-refractivity contribution is -0.0254. The second kappa shape index (κ2) is 8.02. The number of halogens is 1. The third kappa shape index (κ3) is 5.63. The third-order valence-electron chi connectivity index (χ3n) is 2.08. The van der Waals surface area contributed by atoms with Crippen molar-refractivity contribution in [3.63, 3.8) is 0 Å². The summed E-state index contributed by atoms with van der Waals surface area (Å²) in [6, 6.07) is 10.0. The topological polar surface area (TPSA) is 18.5 Å². The quantitative estimate of drug-likeness (QED) is 0.523. The van der Waals surface area contributed by atoms with Crippen molar-refractivity contribution in [1.29, 1.82) is 0 Å². The van der Waals surface area contributed by atoms with Crippen molar-refractivity contribution >= 4 is 0 Å². The minimum absolute atomic E-state index is 0.0113. The first-order valence-electron chi connectivity index (χ1n) is 5.28. The van der Waals surface area contributed by atoms with Crippen LogP contribution in [0, 0.1) is 0 Å². The zero-order valence-electron chi connectivity index (χ0n) is 9.49. The van der Waals surface area contributed by atoms with Crippen molar-refractivity contribution in [2.45, 2.75) is 12.8 Å². The van der Waals surface area contributed by atoms with Crippen LogP contribution >= 0.6 is 0 Å². The minimum atomic E-state index is -0.243. The molecule has 0 saturated heterocycles. The molecule has 0 aliphatic heterocycles. The molecule has 0 heterocycles. The van der Waals surface area contributed by atoms with Gasteiger partial charge in [0.25, 0.3) is 0 Å². The molecule has 2 nitrogen and oxygen atoms in total. The zero-order valence-corrected chi connectivity index (χ0v) is 9.49. The van der Waals surface area contributed by atoms with Gasteiger partial charge in [-0.1, -0.05) is 36.4 Å². The number of benzene rings is 1. The third-order valence-corrected chi connectivity index (χ3v) is 2.08. The molecule has 0 aromatic heterocycles. The van der Waals surface area contributed by atoms with Gasteiger partial charge in [0.1, 0.15) is 19.2 Å². The maximum absolute atomic E-state index is 13.1. The molecule has 0 N–H and O–H groups in total. The van der Waals surface area contributed by atoms with E-state index in [0.29, 0.717) is 6.42 Å². The van der Waals surface area contributed by atoms with E-state index in [1.54, 1.807) is 6.08 Å². The lowest BCUT2D eigenvalue weighted by Gasteiger charge is -2.00. The lowest BCUT2D eigenvalue weighted by atomic mass is 10.1. The molecule has 1 aromatic rings. The Morgan fingerprint density at radius 2 is 2.06 bits per heavy atom. The van der Waals surface area contributed by atoms with Crippen LogP contribution in [0.2, 0.25) is 0 Å². The average Bonchev–Trinajstić information content (AvgIpc) is 2.31. The van der Waals surface area contributed by atoms with E-state index in [1.165, 1.54) is 12.7 Å². The molecule has 0 unspecified atom stereocenters. The Balaban J connectivity index is 2.20. The first kappa shape index (κ1) is 12.9. The van der Waals surface area contributed by atoms with Gasteiger partial charge in [0.2, 0.25) is 0 Å². The van der Waals surface area contributed by atoms with Crippen LogP contribution in [0.15, 0.2) is 42.2 Å². The van der Waals surface area contributed by atoms with Gasteiger partial charge in [-0.15, -0.1) is 0 Å². The van der Waals surface area contributed by atoms with Crippen molar-refractivity contribution < 1.29 is 13.9 Å². The number of aryl methyl sites for hydroxylation is 1. The standard InChI is InChI=1S/C13H17FO2/c1-15-11-16-10-13(14)9-5-8-12-6-3-2-4-7-12/h2-4,6-7,9H,5,8,10-11H2,1H3/b13-9+. The van der Waals surface area contributed by atoms with Crippen LogP contribution in [0.25, 0.3) is 0 Å². The number of ether oxygens (including phenoxy) is 2. The van der Waals surface area contributed by atoms with Crippen LogP contribution in [0.5, 0.6) is 0 Å². The van der Waals surface area contributed by atoms with Crippen LogP contribution < -0.4 is 0 Å². The van der Waals surface area contributed by atoms with Crippen LogP contribution in [-0.2, 0) is 15.9 Å². The Morgan fingerprint density at radius 3 is 2.75 bits per heavy atom.